The summed E-state index contributed by atoms with van der Waals surface area (Å²) in [7, 11) is 0. The Kier molecular flexibility index (Phi) is 5.66. The number of nitrogens with one attached hydrogen (secondary N) is 1. The van der Waals surface area contributed by atoms with E-state index in [1.54, 1.807) is 25.3 Å². The van der Waals surface area contributed by atoms with Gasteiger partial charge in [0.05, 0.1) is 17.6 Å². The minimum Gasteiger partial charge on any atom is -0.375 e. The number of hydrogen-bond acceptors (Lipinski definition) is 6. The van der Waals surface area contributed by atoms with Crippen LogP contribution in [0.1, 0.15) is 28.4 Å². The van der Waals surface area contributed by atoms with Crippen molar-refractivity contribution in [2.45, 2.75) is 26.5 Å². The number of nitrogens with zero attached hydrogens (tertiary/aromatic N) is 3. The smallest absolute Gasteiger partial charge is 0.285 e. The second-order valence-corrected chi connectivity index (χ2v) is 6.56. The second kappa shape index (κ2) is 8.13. The van der Waals surface area contributed by atoms with Crippen LogP contribution in [0, 0.1) is 17.0 Å². The van der Waals surface area contributed by atoms with Crippen LogP contribution < -0.4 is 10.2 Å². The third kappa shape index (κ3) is 4.40. The average molecular weight is 370 g/mol. The highest BCUT2D eigenvalue weighted by Crippen LogP contribution is 2.23. The highest BCUT2D eigenvalue weighted by molar-refractivity contribution is 5.98. The lowest BCUT2D eigenvalue weighted by Crippen LogP contribution is -2.41. The molecule has 3 rings (SSSR count). The largest absolute Gasteiger partial charge is 0.375 e. The van der Waals surface area contributed by atoms with Gasteiger partial charge in [0.15, 0.2) is 0 Å². The molecule has 2 aromatic rings. The van der Waals surface area contributed by atoms with Gasteiger partial charge in [-0.15, -0.1) is 0 Å². The molecule has 8 nitrogen and oxygen atoms in total. The molecule has 0 aliphatic carbocycles. The standard InChI is InChI=1S/C19H22N4O4/c1-13-4-3-5-16(18(13)23(25)26)19(24)21-11-15-6-7-17(20-10-15)22-8-9-27-14(2)12-22/h3-7,10,14H,8-9,11-12H2,1-2H3,(H,21,24). The summed E-state index contributed by atoms with van der Waals surface area (Å²) in [5, 5.41) is 14.0. The van der Waals surface area contributed by atoms with Gasteiger partial charge < -0.3 is 15.0 Å². The molecular formula is C19H22N4O4. The number of carbonyl (C=O) groups excluding carboxylic acids is 1. The van der Waals surface area contributed by atoms with E-state index in [4.69, 9.17) is 4.74 Å². The van der Waals surface area contributed by atoms with Gasteiger partial charge in [-0.1, -0.05) is 18.2 Å². The number of anilines is 1. The number of amides is 1. The Morgan fingerprint density at radius 1 is 1.41 bits per heavy atom. The molecule has 1 aliphatic heterocycles. The number of aryl methyl sites for hydroxylation is 1. The molecule has 0 saturated carbocycles. The molecule has 1 aromatic heterocycles. The van der Waals surface area contributed by atoms with E-state index in [0.717, 1.165) is 24.5 Å². The highest BCUT2D eigenvalue weighted by atomic mass is 16.6. The van der Waals surface area contributed by atoms with Crippen molar-refractivity contribution < 1.29 is 14.5 Å². The monoisotopic (exact) mass is 370 g/mol. The van der Waals surface area contributed by atoms with Crippen molar-refractivity contribution in [3.8, 4) is 0 Å². The SMILES string of the molecule is Cc1cccc(C(=O)NCc2ccc(N3CCOC(C)C3)nc2)c1[N+](=O)[O-]. The molecule has 1 amide bonds. The van der Waals surface area contributed by atoms with Crippen LogP contribution in [-0.2, 0) is 11.3 Å². The minimum absolute atomic E-state index is 0.0619. The third-order valence-electron chi connectivity index (χ3n) is 4.49. The van der Waals surface area contributed by atoms with Gasteiger partial charge in [-0.05, 0) is 31.5 Å². The Labute approximate surface area is 157 Å². The van der Waals surface area contributed by atoms with Gasteiger partial charge in [-0.25, -0.2) is 4.98 Å². The van der Waals surface area contributed by atoms with Crippen molar-refractivity contribution in [3.05, 3.63) is 63.3 Å². The maximum Gasteiger partial charge on any atom is 0.285 e. The number of ether oxygens (including phenoxy) is 1. The molecule has 8 heteroatoms. The van der Waals surface area contributed by atoms with Gasteiger partial charge in [0.2, 0.25) is 0 Å². The molecule has 1 saturated heterocycles. The average Bonchev–Trinajstić information content (AvgIpc) is 2.66. The molecule has 1 unspecified atom stereocenters. The van der Waals surface area contributed by atoms with Gasteiger partial charge in [-0.3, -0.25) is 14.9 Å². The summed E-state index contributed by atoms with van der Waals surface area (Å²) in [5.41, 5.74) is 1.18. The summed E-state index contributed by atoms with van der Waals surface area (Å²) in [6.07, 6.45) is 1.88. The summed E-state index contributed by atoms with van der Waals surface area (Å²) in [6.45, 7) is 6.15. The Morgan fingerprint density at radius 2 is 2.22 bits per heavy atom. The Hall–Kier alpha value is -3.00. The maximum absolute atomic E-state index is 12.4. The lowest BCUT2D eigenvalue weighted by Gasteiger charge is -2.32. The van der Waals surface area contributed by atoms with Crippen molar-refractivity contribution in [3.63, 3.8) is 0 Å². The van der Waals surface area contributed by atoms with Crippen LogP contribution in [0.2, 0.25) is 0 Å². The molecule has 1 aliphatic rings. The van der Waals surface area contributed by atoms with Crippen molar-refractivity contribution in [2.24, 2.45) is 0 Å². The van der Waals surface area contributed by atoms with Crippen LogP contribution in [0.25, 0.3) is 0 Å². The van der Waals surface area contributed by atoms with Gasteiger partial charge >= 0.3 is 0 Å². The van der Waals surface area contributed by atoms with Crippen LogP contribution in [0.4, 0.5) is 11.5 Å². The Morgan fingerprint density at radius 3 is 2.89 bits per heavy atom. The lowest BCUT2D eigenvalue weighted by atomic mass is 10.1. The molecule has 0 bridgehead atoms. The van der Waals surface area contributed by atoms with E-state index in [0.29, 0.717) is 12.2 Å². The number of nitro benzene ring substituents is 1. The first-order chi connectivity index (χ1) is 13.0. The summed E-state index contributed by atoms with van der Waals surface area (Å²) in [4.78, 5) is 29.7. The second-order valence-electron chi connectivity index (χ2n) is 6.56. The number of morpholine rings is 1. The topological polar surface area (TPSA) is 97.6 Å². The summed E-state index contributed by atoms with van der Waals surface area (Å²) < 4.78 is 5.53. The van der Waals surface area contributed by atoms with E-state index >= 15 is 0 Å². The molecule has 142 valence electrons. The van der Waals surface area contributed by atoms with Crippen LogP contribution in [0.3, 0.4) is 0 Å². The van der Waals surface area contributed by atoms with Crippen LogP contribution >= 0.6 is 0 Å². The minimum atomic E-state index is -0.524. The predicted octanol–water partition coefficient (Wildman–Crippen LogP) is 2.45. The predicted molar refractivity (Wildman–Crippen MR) is 101 cm³/mol. The van der Waals surface area contributed by atoms with E-state index in [1.165, 1.54) is 6.07 Å². The van der Waals surface area contributed by atoms with Crippen molar-refractivity contribution in [1.82, 2.24) is 10.3 Å². The summed E-state index contributed by atoms with van der Waals surface area (Å²) in [6, 6.07) is 8.52. The zero-order valence-electron chi connectivity index (χ0n) is 15.3. The number of hydrogen-bond donors (Lipinski definition) is 1. The molecule has 27 heavy (non-hydrogen) atoms. The number of benzene rings is 1. The lowest BCUT2D eigenvalue weighted by molar-refractivity contribution is -0.385. The number of pyridine rings is 1. The number of para-hydroxylation sites is 1. The van der Waals surface area contributed by atoms with E-state index in [1.807, 2.05) is 19.1 Å². The van der Waals surface area contributed by atoms with E-state index < -0.39 is 10.8 Å². The molecule has 1 fully saturated rings. The van der Waals surface area contributed by atoms with Gasteiger partial charge in [-0.2, -0.15) is 0 Å². The summed E-state index contributed by atoms with van der Waals surface area (Å²) >= 11 is 0. The maximum atomic E-state index is 12.4. The Bertz CT molecular complexity index is 838. The first-order valence-corrected chi connectivity index (χ1v) is 8.79. The van der Waals surface area contributed by atoms with Crippen LogP contribution in [0.5, 0.6) is 0 Å². The first kappa shape index (κ1) is 18.8. The molecular weight excluding hydrogens is 348 g/mol. The van der Waals surface area contributed by atoms with E-state index in [2.05, 4.69) is 15.2 Å². The quantitative estimate of drug-likeness (QED) is 0.641. The van der Waals surface area contributed by atoms with Crippen molar-refractivity contribution in [2.75, 3.05) is 24.6 Å². The van der Waals surface area contributed by atoms with Crippen LogP contribution in [-0.4, -0.2) is 41.6 Å². The normalized spacial score (nSPS) is 16.8. The fraction of sp³-hybridized carbons (Fsp3) is 0.368. The zero-order valence-corrected chi connectivity index (χ0v) is 15.3. The Balaban J connectivity index is 1.64. The van der Waals surface area contributed by atoms with E-state index in [-0.39, 0.29) is 23.9 Å². The number of aromatic nitrogens is 1. The molecule has 1 aromatic carbocycles. The van der Waals surface area contributed by atoms with Crippen molar-refractivity contribution >= 4 is 17.4 Å². The highest BCUT2D eigenvalue weighted by Gasteiger charge is 2.22. The van der Waals surface area contributed by atoms with Gasteiger partial charge in [0, 0.05) is 31.4 Å². The fourth-order valence-electron chi connectivity index (χ4n) is 3.10. The fourth-order valence-corrected chi connectivity index (χ4v) is 3.10. The number of nitro groups is 1. The van der Waals surface area contributed by atoms with Gasteiger partial charge in [0.1, 0.15) is 11.4 Å². The van der Waals surface area contributed by atoms with Crippen LogP contribution in [0.15, 0.2) is 36.5 Å². The van der Waals surface area contributed by atoms with E-state index in [9.17, 15) is 14.9 Å². The summed E-state index contributed by atoms with van der Waals surface area (Å²) in [5.74, 6) is 0.394. The van der Waals surface area contributed by atoms with Gasteiger partial charge in [0.25, 0.3) is 11.6 Å². The zero-order chi connectivity index (χ0) is 19.4. The number of carbonyl (C=O) groups is 1. The van der Waals surface area contributed by atoms with Crippen molar-refractivity contribution in [1.29, 1.82) is 0 Å². The third-order valence-corrected chi connectivity index (χ3v) is 4.49. The molecule has 0 spiro atoms. The molecule has 2 heterocycles. The number of rotatable bonds is 5. The molecule has 1 N–H and O–H groups in total. The molecule has 1 atom stereocenters. The molecule has 0 radical (unpaired) electrons. The first-order valence-electron chi connectivity index (χ1n) is 8.79.